The van der Waals surface area contributed by atoms with E-state index in [4.69, 9.17) is 23.7 Å². The summed E-state index contributed by atoms with van der Waals surface area (Å²) in [6, 6.07) is 60.1. The molecule has 19 heterocycles. The number of pyridine rings is 1. The predicted octanol–water partition coefficient (Wildman–Crippen LogP) is 23.1. The van der Waals surface area contributed by atoms with Crippen LogP contribution in [0.4, 0.5) is 0 Å². The van der Waals surface area contributed by atoms with Crippen molar-refractivity contribution in [3.63, 3.8) is 0 Å². The number of hydrogen-bond acceptors (Lipinski definition) is 13. The van der Waals surface area contributed by atoms with Crippen LogP contribution in [0.15, 0.2) is 170 Å². The molecule has 0 saturated carbocycles. The van der Waals surface area contributed by atoms with Gasteiger partial charge in [-0.25, -0.2) is 4.98 Å². The molecular weight excluding hydrogens is 1600 g/mol. The minimum Gasteiger partial charge on any atom is -0.487 e. The number of rotatable bonds is 6. The average molecular weight is 1750 g/mol. The molecule has 17 aliphatic heterocycles. The Morgan fingerprint density at radius 1 is 0.300 bits per heavy atom. The minimum atomic E-state index is 0.0199. The summed E-state index contributed by atoms with van der Waals surface area (Å²) in [4.78, 5) is 23.3. The molecule has 0 bridgehead atoms. The van der Waals surface area contributed by atoms with Crippen molar-refractivity contribution in [2.24, 2.45) is 0 Å². The first-order chi connectivity index (χ1) is 63.8. The Morgan fingerprint density at radius 3 is 1.10 bits per heavy atom. The minimum absolute atomic E-state index is 0.0199. The second kappa shape index (κ2) is 38.4. The lowest BCUT2D eigenvalue weighted by Gasteiger charge is -2.37. The Hall–Kier alpha value is -8.05. The molecule has 14 heteroatoms. The number of imidazole rings is 1. The van der Waals surface area contributed by atoms with Crippen LogP contribution in [0.25, 0.3) is 27.9 Å². The Kier molecular flexibility index (Phi) is 25.8. The molecule has 2 aromatic heterocycles. The van der Waals surface area contributed by atoms with Gasteiger partial charge in [0.1, 0.15) is 62.4 Å². The zero-order chi connectivity index (χ0) is 87.1. The van der Waals surface area contributed by atoms with Crippen molar-refractivity contribution in [1.82, 2.24) is 43.7 Å². The molecule has 10 atom stereocenters. The van der Waals surface area contributed by atoms with E-state index in [2.05, 4.69) is 215 Å². The van der Waals surface area contributed by atoms with E-state index in [0.717, 1.165) is 111 Å². The molecule has 0 N–H and O–H groups in total. The van der Waals surface area contributed by atoms with Gasteiger partial charge >= 0.3 is 0 Å². The first-order valence-electron chi connectivity index (χ1n) is 52.6. The van der Waals surface area contributed by atoms with Crippen LogP contribution in [0.5, 0.6) is 28.7 Å². The topological polar surface area (TPSA) is 86.1 Å². The molecule has 10 unspecified atom stereocenters. The number of aryl methyl sites for hydroxylation is 2. The first kappa shape index (κ1) is 87.3. The third-order valence-electron chi connectivity index (χ3n) is 34.5. The molecule has 5 spiro atoms. The monoisotopic (exact) mass is 1750 g/mol. The van der Waals surface area contributed by atoms with Crippen molar-refractivity contribution in [1.29, 1.82) is 0 Å². The Bertz CT molecular complexity index is 5410. The van der Waals surface area contributed by atoms with Crippen LogP contribution >= 0.6 is 0 Å². The van der Waals surface area contributed by atoms with Gasteiger partial charge in [-0.1, -0.05) is 147 Å². The lowest BCUT2D eigenvalue weighted by molar-refractivity contribution is 0.0493. The van der Waals surface area contributed by atoms with Crippen molar-refractivity contribution < 1.29 is 23.7 Å². The summed E-state index contributed by atoms with van der Waals surface area (Å²) in [5, 5.41) is 0. The third-order valence-corrected chi connectivity index (χ3v) is 34.5. The maximum absolute atomic E-state index is 6.72. The zero-order valence-corrected chi connectivity index (χ0v) is 79.0. The maximum atomic E-state index is 6.72. The summed E-state index contributed by atoms with van der Waals surface area (Å²) in [7, 11) is 0. The molecule has 7 aromatic carbocycles. The van der Waals surface area contributed by atoms with Crippen LogP contribution in [-0.4, -0.2) is 187 Å². The molecular formula is C116H149N9O5. The molecule has 17 aliphatic rings. The fraction of sp³-hybridized carbons (Fsp3) is 0.578. The quantitative estimate of drug-likeness (QED) is 0.159. The largest absolute Gasteiger partial charge is 0.487 e. The van der Waals surface area contributed by atoms with Crippen LogP contribution in [-0.2, 0) is 58.2 Å². The van der Waals surface area contributed by atoms with E-state index in [1.165, 1.54) is 386 Å². The molecule has 14 nitrogen and oxygen atoms in total. The van der Waals surface area contributed by atoms with E-state index < -0.39 is 0 Å². The number of hydrogen-bond donors (Lipinski definition) is 0. The van der Waals surface area contributed by atoms with Crippen molar-refractivity contribution >= 4 is 5.65 Å². The average Bonchev–Trinajstić information content (AvgIpc) is 1.64. The molecule has 688 valence electrons. The van der Waals surface area contributed by atoms with E-state index in [-0.39, 0.29) is 28.0 Å². The van der Waals surface area contributed by atoms with Gasteiger partial charge in [0.25, 0.3) is 0 Å². The van der Waals surface area contributed by atoms with Gasteiger partial charge in [0.05, 0.1) is 0 Å². The van der Waals surface area contributed by atoms with E-state index in [1.807, 2.05) is 12.4 Å². The second-order valence-electron chi connectivity index (χ2n) is 44.0. The van der Waals surface area contributed by atoms with Crippen molar-refractivity contribution in [2.75, 3.05) is 85.1 Å². The molecule has 11 fully saturated rings. The number of fused-ring (bicyclic) bond motifs is 12. The summed E-state index contributed by atoms with van der Waals surface area (Å²) in [6.45, 7) is 24.1. The summed E-state index contributed by atoms with van der Waals surface area (Å²) in [5.41, 5.74) is 22.2. The molecule has 130 heavy (non-hydrogen) atoms. The van der Waals surface area contributed by atoms with Gasteiger partial charge in [0.2, 0.25) is 0 Å². The number of nitrogens with zero attached hydrogens (tertiary/aromatic N) is 9. The highest BCUT2D eigenvalue weighted by Crippen LogP contribution is 2.52. The van der Waals surface area contributed by atoms with Crippen LogP contribution in [0.2, 0.25) is 0 Å². The molecule has 26 rings (SSSR count). The van der Waals surface area contributed by atoms with Crippen LogP contribution in [0.3, 0.4) is 0 Å². The highest BCUT2D eigenvalue weighted by Gasteiger charge is 2.51. The number of piperidine rings is 6. The smallest absolute Gasteiger partial charge is 0.136 e. The lowest BCUT2D eigenvalue weighted by Crippen LogP contribution is -2.44. The number of ether oxygens (including phenoxy) is 5. The Labute approximate surface area is 777 Å². The maximum Gasteiger partial charge on any atom is 0.136 e. The summed E-state index contributed by atoms with van der Waals surface area (Å²) >= 11 is 0. The van der Waals surface area contributed by atoms with Gasteiger partial charge < -0.3 is 52.6 Å². The standard InChI is InChI=1S/C27H34N2O.C24H27N3O.C24H29NO.C23H34N2O.C18H25NO/c1-2-7-23-20-28(15-11-22(23)6-1)19-21-9-10-26-24(16-21)17-27(30-26)12-5-14-29-13-4-3-8-25(29)18-27;1-2-11-26-12-3-9-24(16-21(26)4-1)15-20-14-18(5-7-22(20)28-24)19-6-8-23-25-10-13-27(23)17-19;1-18-6-8-19(9-7-18)20-10-11-23-21(15-20)16-24(26-23)12-4-14-25-13-3-2-5-22(25)17-24;1-3-11-24(12-4-1)18-19-8-9-22-20(15-19)16-23(26-22)10-6-14-25-13-5-2-7-21(25)17-23;1-14-6-7-17-15(11-14)12-18(20-17)8-4-10-19-9-3-2-5-16(19)13-18/h1-2,6-7,9-10,16,25H,3-5,8,11-15,17-20H2;5-8,10,13-14,17,21H,1-4,9,11-12,15-16H2;6-11,15,22H,2-5,12-14,16-17H2,1H3;8-9,15,21H,1-7,10-14,16-18H2;6-7,11,16H,2-5,8-10,12-13H2,1H3. The van der Waals surface area contributed by atoms with Crippen molar-refractivity contribution in [2.45, 2.75) is 342 Å². The molecule has 0 aliphatic carbocycles. The Morgan fingerprint density at radius 2 is 0.654 bits per heavy atom. The third kappa shape index (κ3) is 19.5. The van der Waals surface area contributed by atoms with Crippen molar-refractivity contribution in [3.8, 4) is 51.0 Å². The summed E-state index contributed by atoms with van der Waals surface area (Å²) in [5.74, 6) is 5.73. The predicted molar refractivity (Wildman–Crippen MR) is 525 cm³/mol. The summed E-state index contributed by atoms with van der Waals surface area (Å²) in [6.07, 6.45) is 56.2. The first-order valence-corrected chi connectivity index (χ1v) is 52.6. The zero-order valence-electron chi connectivity index (χ0n) is 79.0. The van der Waals surface area contributed by atoms with Gasteiger partial charge in [-0.2, -0.15) is 0 Å². The molecule has 0 radical (unpaired) electrons. The van der Waals surface area contributed by atoms with Crippen molar-refractivity contribution in [3.05, 3.63) is 231 Å². The van der Waals surface area contributed by atoms with Gasteiger partial charge in [-0.05, 0) is 367 Å². The molecule has 0 amide bonds. The van der Waals surface area contributed by atoms with Crippen LogP contribution in [0, 0.1) is 13.8 Å². The molecule has 11 saturated heterocycles. The number of aromatic nitrogens is 2. The van der Waals surface area contributed by atoms with Gasteiger partial charge in [0.15, 0.2) is 0 Å². The van der Waals surface area contributed by atoms with E-state index in [1.54, 1.807) is 0 Å². The summed E-state index contributed by atoms with van der Waals surface area (Å²) < 4.78 is 35.3. The number of likely N-dealkylation sites (tertiary alicyclic amines) is 1. The highest BCUT2D eigenvalue weighted by molar-refractivity contribution is 5.68. The van der Waals surface area contributed by atoms with Gasteiger partial charge in [0, 0.05) is 139 Å². The second-order valence-corrected chi connectivity index (χ2v) is 44.0. The SMILES string of the molecule is Cc1ccc(-c2ccc3c(c2)CC2(CCCN4CCCCC4C2)O3)cc1.Cc1ccc2c(c1)CC1(CCCN3CCCCC3C1)O2.c1cc2c(cc1CN1CCCCC1)CC1(CCCN3CCCCC3C1)O2.c1ccc2c(c1)CCN(Cc1ccc3c(c1)CC1(CCCN4CCCCC4C1)O3)C2.c1cn2cc(-c3ccc4c(c3)CC3(CCCN5CCCCC5C3)O4)ccc2n1. The molecule has 9 aromatic rings. The Balaban J connectivity index is 0.0000000958. The van der Waals surface area contributed by atoms with E-state index >= 15 is 0 Å². The van der Waals surface area contributed by atoms with E-state index in [0.29, 0.717) is 6.04 Å². The van der Waals surface area contributed by atoms with Crippen LogP contribution < -0.4 is 23.7 Å². The number of benzene rings is 7. The fourth-order valence-electron chi connectivity index (χ4n) is 28.0. The highest BCUT2D eigenvalue weighted by atomic mass is 16.5. The normalized spacial score (nSPS) is 29.9. The van der Waals surface area contributed by atoms with Gasteiger partial charge in [-0.3, -0.25) is 9.80 Å². The van der Waals surface area contributed by atoms with Gasteiger partial charge in [-0.15, -0.1) is 0 Å². The lowest BCUT2D eigenvalue weighted by atomic mass is 9.85. The van der Waals surface area contributed by atoms with Crippen LogP contribution in [0.1, 0.15) is 273 Å². The van der Waals surface area contributed by atoms with E-state index in [9.17, 15) is 0 Å². The fourth-order valence-corrected chi connectivity index (χ4v) is 28.0.